The number of carbonyl (C=O) groups is 2. The van der Waals surface area contributed by atoms with E-state index in [1.165, 1.54) is 9.21 Å². The standard InChI is InChI=1S/C20H31ClN4O5S/c1-14(2)23-7-4-8-25(31(3,29)30)18-11-16(21)6-5-15(18)13-24(10-9-23)20(28)17(22)12-19(26)27/h5-6,11,14,17H,4,7-10,12-13,22H2,1-3H3,(H,26,27)/t17-/m0/s1. The van der Waals surface area contributed by atoms with Gasteiger partial charge in [-0.2, -0.15) is 0 Å². The van der Waals surface area contributed by atoms with E-state index < -0.39 is 34.4 Å². The highest BCUT2D eigenvalue weighted by Crippen LogP contribution is 2.29. The SMILES string of the molecule is CC(C)N1CCCN(S(C)(=O)=O)c2cc(Cl)ccc2CN(C(=O)[C@@H](N)CC(=O)O)CC1. The first-order chi connectivity index (χ1) is 14.4. The van der Waals surface area contributed by atoms with Crippen LogP contribution in [-0.2, 0) is 26.2 Å². The molecule has 0 unspecified atom stereocenters. The molecule has 0 radical (unpaired) electrons. The van der Waals surface area contributed by atoms with Crippen molar-refractivity contribution in [3.63, 3.8) is 0 Å². The normalized spacial score (nSPS) is 17.7. The van der Waals surface area contributed by atoms with Crippen molar-refractivity contribution in [1.29, 1.82) is 0 Å². The van der Waals surface area contributed by atoms with Crippen LogP contribution in [0.2, 0.25) is 5.02 Å². The number of nitrogens with zero attached hydrogens (tertiary/aromatic N) is 3. The highest BCUT2D eigenvalue weighted by Gasteiger charge is 2.28. The van der Waals surface area contributed by atoms with Crippen LogP contribution in [0.5, 0.6) is 0 Å². The number of amides is 1. The summed E-state index contributed by atoms with van der Waals surface area (Å²) < 4.78 is 26.5. The molecule has 0 saturated carbocycles. The second kappa shape index (κ2) is 10.6. The van der Waals surface area contributed by atoms with Gasteiger partial charge < -0.3 is 15.7 Å². The predicted octanol–water partition coefficient (Wildman–Crippen LogP) is 1.35. The van der Waals surface area contributed by atoms with E-state index in [4.69, 9.17) is 22.4 Å². The van der Waals surface area contributed by atoms with Gasteiger partial charge in [0.05, 0.1) is 24.4 Å². The van der Waals surface area contributed by atoms with Crippen LogP contribution in [0.25, 0.3) is 0 Å². The molecule has 1 aliphatic rings. The number of hydrogen-bond acceptors (Lipinski definition) is 6. The van der Waals surface area contributed by atoms with Crippen molar-refractivity contribution in [1.82, 2.24) is 9.80 Å². The molecular weight excluding hydrogens is 444 g/mol. The van der Waals surface area contributed by atoms with Crippen LogP contribution < -0.4 is 10.0 Å². The van der Waals surface area contributed by atoms with Crippen LogP contribution in [-0.4, -0.2) is 79.7 Å². The lowest BCUT2D eigenvalue weighted by Gasteiger charge is -2.31. The minimum absolute atomic E-state index is 0.0939. The number of aliphatic carboxylic acids is 1. The van der Waals surface area contributed by atoms with E-state index in [9.17, 15) is 18.0 Å². The number of fused-ring (bicyclic) bond motifs is 1. The van der Waals surface area contributed by atoms with E-state index in [0.29, 0.717) is 42.3 Å². The van der Waals surface area contributed by atoms with Crippen LogP contribution in [0, 0.1) is 0 Å². The molecule has 0 aliphatic carbocycles. The molecule has 11 heteroatoms. The number of halogens is 1. The summed E-state index contributed by atoms with van der Waals surface area (Å²) in [6.45, 7) is 5.98. The fourth-order valence-electron chi connectivity index (χ4n) is 3.65. The summed E-state index contributed by atoms with van der Waals surface area (Å²) in [5, 5.41) is 9.41. The molecule has 0 spiro atoms. The van der Waals surface area contributed by atoms with Crippen molar-refractivity contribution >= 4 is 39.2 Å². The largest absolute Gasteiger partial charge is 0.481 e. The summed E-state index contributed by atoms with van der Waals surface area (Å²) >= 11 is 6.17. The Labute approximate surface area is 188 Å². The molecule has 9 nitrogen and oxygen atoms in total. The molecule has 1 heterocycles. The molecule has 3 N–H and O–H groups in total. The Morgan fingerprint density at radius 1 is 1.19 bits per heavy atom. The number of nitrogens with two attached hydrogens (primary N) is 1. The van der Waals surface area contributed by atoms with Crippen molar-refractivity contribution in [3.05, 3.63) is 28.8 Å². The van der Waals surface area contributed by atoms with Crippen molar-refractivity contribution in [2.45, 2.75) is 45.3 Å². The van der Waals surface area contributed by atoms with Crippen molar-refractivity contribution < 1.29 is 23.1 Å². The van der Waals surface area contributed by atoms with Gasteiger partial charge in [0.1, 0.15) is 0 Å². The molecule has 2 rings (SSSR count). The minimum atomic E-state index is -3.59. The highest BCUT2D eigenvalue weighted by molar-refractivity contribution is 7.92. The zero-order valence-electron chi connectivity index (χ0n) is 18.1. The summed E-state index contributed by atoms with van der Waals surface area (Å²) in [7, 11) is -3.59. The second-order valence-corrected chi connectivity index (χ2v) is 10.4. The lowest BCUT2D eigenvalue weighted by molar-refractivity contribution is -0.142. The Kier molecular flexibility index (Phi) is 8.70. The lowest BCUT2D eigenvalue weighted by atomic mass is 10.1. The highest BCUT2D eigenvalue weighted by atomic mass is 35.5. The number of carboxylic acids is 1. The molecule has 31 heavy (non-hydrogen) atoms. The van der Waals surface area contributed by atoms with Crippen LogP contribution in [0.1, 0.15) is 32.3 Å². The maximum absolute atomic E-state index is 13.0. The van der Waals surface area contributed by atoms with Crippen LogP contribution in [0.3, 0.4) is 0 Å². The molecule has 1 aromatic rings. The molecule has 174 valence electrons. The van der Waals surface area contributed by atoms with E-state index in [1.54, 1.807) is 18.2 Å². The average molecular weight is 475 g/mol. The molecule has 0 fully saturated rings. The summed E-state index contributed by atoms with van der Waals surface area (Å²) in [5.41, 5.74) is 6.88. The first-order valence-corrected chi connectivity index (χ1v) is 12.4. The zero-order chi connectivity index (χ0) is 23.3. The van der Waals surface area contributed by atoms with Crippen molar-refractivity contribution in [2.24, 2.45) is 5.73 Å². The summed E-state index contributed by atoms with van der Waals surface area (Å²) in [4.78, 5) is 27.7. The van der Waals surface area contributed by atoms with E-state index in [-0.39, 0.29) is 19.1 Å². The van der Waals surface area contributed by atoms with Gasteiger partial charge in [-0.3, -0.25) is 18.8 Å². The second-order valence-electron chi connectivity index (χ2n) is 8.06. The number of benzene rings is 1. The maximum atomic E-state index is 13.0. The van der Waals surface area contributed by atoms with Gasteiger partial charge in [0.2, 0.25) is 15.9 Å². The van der Waals surface area contributed by atoms with Crippen molar-refractivity contribution in [3.8, 4) is 0 Å². The monoisotopic (exact) mass is 474 g/mol. The third kappa shape index (κ3) is 7.06. The van der Waals surface area contributed by atoms with Gasteiger partial charge in [-0.05, 0) is 38.0 Å². The molecular formula is C20H31ClN4O5S. The van der Waals surface area contributed by atoms with Gasteiger partial charge in [0, 0.05) is 43.8 Å². The van der Waals surface area contributed by atoms with E-state index in [2.05, 4.69) is 4.90 Å². The summed E-state index contributed by atoms with van der Waals surface area (Å²) in [6.07, 6.45) is 1.26. The van der Waals surface area contributed by atoms with Gasteiger partial charge in [-0.15, -0.1) is 0 Å². The van der Waals surface area contributed by atoms with Gasteiger partial charge in [-0.1, -0.05) is 17.7 Å². The van der Waals surface area contributed by atoms with Crippen LogP contribution >= 0.6 is 11.6 Å². The molecule has 0 aromatic heterocycles. The molecule has 1 amide bonds. The van der Waals surface area contributed by atoms with Gasteiger partial charge in [0.25, 0.3) is 0 Å². The third-order valence-corrected chi connectivity index (χ3v) is 6.71. The topological polar surface area (TPSA) is 124 Å². The summed E-state index contributed by atoms with van der Waals surface area (Å²) in [6, 6.07) is 3.92. The van der Waals surface area contributed by atoms with Crippen LogP contribution in [0.15, 0.2) is 18.2 Å². The van der Waals surface area contributed by atoms with Gasteiger partial charge >= 0.3 is 5.97 Å². The first-order valence-electron chi connectivity index (χ1n) is 10.2. The minimum Gasteiger partial charge on any atom is -0.481 e. The molecule has 0 bridgehead atoms. The number of rotatable bonds is 5. The quantitative estimate of drug-likeness (QED) is 0.659. The first kappa shape index (κ1) is 25.4. The fourth-order valence-corrected chi connectivity index (χ4v) is 4.80. The number of hydrogen-bond donors (Lipinski definition) is 2. The smallest absolute Gasteiger partial charge is 0.305 e. The number of anilines is 1. The molecule has 0 saturated heterocycles. The Hall–Kier alpha value is -1.88. The maximum Gasteiger partial charge on any atom is 0.305 e. The Bertz CT molecular complexity index is 909. The van der Waals surface area contributed by atoms with Crippen LogP contribution in [0.4, 0.5) is 5.69 Å². The van der Waals surface area contributed by atoms with Gasteiger partial charge in [0.15, 0.2) is 0 Å². The third-order valence-electron chi connectivity index (χ3n) is 5.29. The Balaban J connectivity index is 2.51. The molecule has 1 aromatic carbocycles. The predicted molar refractivity (Wildman–Crippen MR) is 121 cm³/mol. The van der Waals surface area contributed by atoms with E-state index >= 15 is 0 Å². The number of carbonyl (C=O) groups excluding carboxylic acids is 1. The summed E-state index contributed by atoms with van der Waals surface area (Å²) in [5.74, 6) is -1.64. The van der Waals surface area contributed by atoms with E-state index in [0.717, 1.165) is 6.26 Å². The average Bonchev–Trinajstić information content (AvgIpc) is 2.68. The molecule has 1 atom stereocenters. The lowest BCUT2D eigenvalue weighted by Crippen LogP contribution is -2.47. The molecule has 1 aliphatic heterocycles. The number of sulfonamides is 1. The number of carboxylic acid groups (broad SMARTS) is 1. The fraction of sp³-hybridized carbons (Fsp3) is 0.600. The van der Waals surface area contributed by atoms with Crippen molar-refractivity contribution in [2.75, 3.05) is 36.7 Å². The Morgan fingerprint density at radius 2 is 1.87 bits per heavy atom. The van der Waals surface area contributed by atoms with Gasteiger partial charge in [-0.25, -0.2) is 8.42 Å². The van der Waals surface area contributed by atoms with E-state index in [1.807, 2.05) is 13.8 Å². The zero-order valence-corrected chi connectivity index (χ0v) is 19.7. The Morgan fingerprint density at radius 3 is 2.45 bits per heavy atom.